The van der Waals surface area contributed by atoms with Crippen LogP contribution in [-0.4, -0.2) is 41.2 Å². The third-order valence-corrected chi connectivity index (χ3v) is 5.27. The number of hydrogen-bond donors (Lipinski definition) is 1. The van der Waals surface area contributed by atoms with E-state index in [1.165, 1.54) is 25.3 Å². The van der Waals surface area contributed by atoms with Crippen molar-refractivity contribution in [3.05, 3.63) is 28.3 Å². The van der Waals surface area contributed by atoms with Crippen molar-refractivity contribution in [2.24, 2.45) is 5.41 Å². The van der Waals surface area contributed by atoms with Crippen LogP contribution in [0.3, 0.4) is 0 Å². The van der Waals surface area contributed by atoms with Crippen LogP contribution in [0.4, 0.5) is 11.4 Å². The number of methoxy groups -OCH3 is 1. The van der Waals surface area contributed by atoms with Gasteiger partial charge in [-0.1, -0.05) is 19.3 Å². The molecule has 3 rings (SSSR count). The Hall–Kier alpha value is -2.97. The highest BCUT2D eigenvalue weighted by atomic mass is 16.6. The summed E-state index contributed by atoms with van der Waals surface area (Å²) in [5.74, 6) is -1.03. The molecular weight excluding hydrogens is 354 g/mol. The number of ether oxygens (including phenoxy) is 1. The van der Waals surface area contributed by atoms with Crippen molar-refractivity contribution >= 4 is 29.1 Å². The van der Waals surface area contributed by atoms with Gasteiger partial charge in [-0.25, -0.2) is 0 Å². The molecule has 1 spiro atoms. The maximum Gasteiger partial charge on any atom is 0.273 e. The number of nitro benzene ring substituents is 1. The van der Waals surface area contributed by atoms with E-state index in [-0.39, 0.29) is 41.9 Å². The number of rotatable bonds is 5. The van der Waals surface area contributed by atoms with Crippen LogP contribution in [-0.2, 0) is 14.4 Å². The second kappa shape index (κ2) is 7.34. The number of non-ortho nitro benzene ring substituents is 1. The van der Waals surface area contributed by atoms with E-state index in [2.05, 4.69) is 5.32 Å². The zero-order chi connectivity index (χ0) is 19.6. The van der Waals surface area contributed by atoms with Crippen molar-refractivity contribution in [3.63, 3.8) is 0 Å². The molecule has 1 saturated carbocycles. The van der Waals surface area contributed by atoms with Gasteiger partial charge in [0.15, 0.2) is 0 Å². The fourth-order valence-corrected chi connectivity index (χ4v) is 3.87. The normalized spacial score (nSPS) is 18.6. The predicted molar refractivity (Wildman–Crippen MR) is 95.1 cm³/mol. The number of nitrogens with one attached hydrogen (secondary N) is 1. The molecule has 0 bridgehead atoms. The molecule has 1 aliphatic heterocycles. The molecule has 2 fully saturated rings. The molecule has 1 aliphatic carbocycles. The molecule has 144 valence electrons. The highest BCUT2D eigenvalue weighted by Crippen LogP contribution is 2.45. The quantitative estimate of drug-likeness (QED) is 0.479. The van der Waals surface area contributed by atoms with E-state index in [9.17, 15) is 24.5 Å². The number of amides is 3. The Kier molecular flexibility index (Phi) is 5.11. The van der Waals surface area contributed by atoms with E-state index >= 15 is 0 Å². The minimum atomic E-state index is -0.638. The van der Waals surface area contributed by atoms with Gasteiger partial charge in [-0.2, -0.15) is 0 Å². The SMILES string of the molecule is COc1cc([N+](=O)[O-])ccc1NC(=O)CN1C(=O)CC2(CCCCC2)C1=O. The van der Waals surface area contributed by atoms with Gasteiger partial charge >= 0.3 is 0 Å². The molecule has 0 aromatic heterocycles. The first-order chi connectivity index (χ1) is 12.9. The van der Waals surface area contributed by atoms with Gasteiger partial charge in [0.05, 0.1) is 29.2 Å². The number of nitro groups is 1. The Balaban J connectivity index is 1.70. The second-order valence-corrected chi connectivity index (χ2v) is 6.99. The number of imide groups is 1. The highest BCUT2D eigenvalue weighted by Gasteiger charge is 2.51. The standard InChI is InChI=1S/C18H21N3O6/c1-27-14-9-12(21(25)26)5-6-13(14)19-15(22)11-20-16(23)10-18(17(20)24)7-3-2-4-8-18/h5-6,9H,2-4,7-8,10-11H2,1H3,(H,19,22). The first-order valence-electron chi connectivity index (χ1n) is 8.83. The van der Waals surface area contributed by atoms with Gasteiger partial charge in [-0.3, -0.25) is 29.4 Å². The molecule has 1 aromatic rings. The summed E-state index contributed by atoms with van der Waals surface area (Å²) in [6.07, 6.45) is 4.43. The number of likely N-dealkylation sites (tertiary alicyclic amines) is 1. The molecule has 2 aliphatic rings. The van der Waals surface area contributed by atoms with Crippen LogP contribution in [0, 0.1) is 15.5 Å². The maximum absolute atomic E-state index is 12.7. The molecule has 1 aromatic carbocycles. The first-order valence-corrected chi connectivity index (χ1v) is 8.83. The minimum absolute atomic E-state index is 0.125. The van der Waals surface area contributed by atoms with E-state index in [0.29, 0.717) is 12.8 Å². The summed E-state index contributed by atoms with van der Waals surface area (Å²) in [7, 11) is 1.33. The largest absolute Gasteiger partial charge is 0.494 e. The van der Waals surface area contributed by atoms with Crippen LogP contribution < -0.4 is 10.1 Å². The molecule has 0 atom stereocenters. The van der Waals surface area contributed by atoms with Crippen molar-refractivity contribution in [1.29, 1.82) is 0 Å². The lowest BCUT2D eigenvalue weighted by atomic mass is 9.73. The van der Waals surface area contributed by atoms with E-state index in [1.807, 2.05) is 0 Å². The van der Waals surface area contributed by atoms with Gasteiger partial charge < -0.3 is 10.1 Å². The summed E-state index contributed by atoms with van der Waals surface area (Å²) >= 11 is 0. The maximum atomic E-state index is 12.7. The number of hydrogen-bond acceptors (Lipinski definition) is 6. The highest BCUT2D eigenvalue weighted by molar-refractivity contribution is 6.09. The zero-order valence-electron chi connectivity index (χ0n) is 15.0. The van der Waals surface area contributed by atoms with Gasteiger partial charge in [-0.05, 0) is 18.9 Å². The van der Waals surface area contributed by atoms with Crippen LogP contribution in [0.1, 0.15) is 38.5 Å². The number of carbonyl (C=O) groups is 3. The minimum Gasteiger partial charge on any atom is -0.494 e. The van der Waals surface area contributed by atoms with Gasteiger partial charge in [-0.15, -0.1) is 0 Å². The van der Waals surface area contributed by atoms with Gasteiger partial charge in [0.1, 0.15) is 12.3 Å². The average Bonchev–Trinajstić information content (AvgIpc) is 2.86. The lowest BCUT2D eigenvalue weighted by Crippen LogP contribution is -2.41. The van der Waals surface area contributed by atoms with Gasteiger partial charge in [0, 0.05) is 12.5 Å². The van der Waals surface area contributed by atoms with Crippen LogP contribution in [0.5, 0.6) is 5.75 Å². The molecule has 1 saturated heterocycles. The van der Waals surface area contributed by atoms with Crippen LogP contribution in [0.15, 0.2) is 18.2 Å². The number of benzene rings is 1. The second-order valence-electron chi connectivity index (χ2n) is 6.99. The Bertz CT molecular complexity index is 800. The Labute approximate surface area is 155 Å². The monoisotopic (exact) mass is 375 g/mol. The molecule has 3 amide bonds. The van der Waals surface area contributed by atoms with E-state index in [4.69, 9.17) is 4.74 Å². The lowest BCUT2D eigenvalue weighted by molar-refractivity contribution is -0.384. The molecular formula is C18H21N3O6. The predicted octanol–water partition coefficient (Wildman–Crippen LogP) is 2.25. The van der Waals surface area contributed by atoms with Crippen molar-refractivity contribution < 1.29 is 24.0 Å². The fraction of sp³-hybridized carbons (Fsp3) is 0.500. The van der Waals surface area contributed by atoms with Crippen molar-refractivity contribution in [2.45, 2.75) is 38.5 Å². The summed E-state index contributed by atoms with van der Waals surface area (Å²) < 4.78 is 5.07. The zero-order valence-corrected chi connectivity index (χ0v) is 15.0. The first kappa shape index (κ1) is 18.8. The van der Waals surface area contributed by atoms with Crippen molar-refractivity contribution in [2.75, 3.05) is 19.0 Å². The third kappa shape index (κ3) is 3.62. The Morgan fingerprint density at radius 2 is 2.00 bits per heavy atom. The summed E-state index contributed by atoms with van der Waals surface area (Å²) in [4.78, 5) is 48.7. The third-order valence-electron chi connectivity index (χ3n) is 5.27. The molecule has 0 radical (unpaired) electrons. The topological polar surface area (TPSA) is 119 Å². The number of anilines is 1. The molecule has 0 unspecified atom stereocenters. The molecule has 27 heavy (non-hydrogen) atoms. The fourth-order valence-electron chi connectivity index (χ4n) is 3.87. The number of nitrogens with zero attached hydrogens (tertiary/aromatic N) is 2. The Morgan fingerprint density at radius 1 is 1.30 bits per heavy atom. The number of carbonyl (C=O) groups excluding carboxylic acids is 3. The molecule has 9 nitrogen and oxygen atoms in total. The van der Waals surface area contributed by atoms with Gasteiger partial charge in [0.2, 0.25) is 17.7 Å². The van der Waals surface area contributed by atoms with Crippen molar-refractivity contribution in [1.82, 2.24) is 4.90 Å². The van der Waals surface area contributed by atoms with E-state index in [0.717, 1.165) is 24.2 Å². The van der Waals surface area contributed by atoms with Crippen molar-refractivity contribution in [3.8, 4) is 5.75 Å². The van der Waals surface area contributed by atoms with Crippen LogP contribution >= 0.6 is 0 Å². The van der Waals surface area contributed by atoms with E-state index in [1.54, 1.807) is 0 Å². The molecule has 1 N–H and O–H groups in total. The van der Waals surface area contributed by atoms with Crippen LogP contribution in [0.2, 0.25) is 0 Å². The smallest absolute Gasteiger partial charge is 0.273 e. The summed E-state index contributed by atoms with van der Waals surface area (Å²) in [6.45, 7) is -0.375. The summed E-state index contributed by atoms with van der Waals surface area (Å²) in [5.41, 5.74) is -0.575. The Morgan fingerprint density at radius 3 is 2.63 bits per heavy atom. The van der Waals surface area contributed by atoms with Gasteiger partial charge in [0.25, 0.3) is 5.69 Å². The van der Waals surface area contributed by atoms with Crippen LogP contribution in [0.25, 0.3) is 0 Å². The summed E-state index contributed by atoms with van der Waals surface area (Å²) in [6, 6.07) is 3.78. The van der Waals surface area contributed by atoms with E-state index < -0.39 is 16.2 Å². The average molecular weight is 375 g/mol. The molecule has 1 heterocycles. The summed E-state index contributed by atoms with van der Waals surface area (Å²) in [5, 5.41) is 13.4. The molecule has 9 heteroatoms. The lowest BCUT2D eigenvalue weighted by Gasteiger charge is -2.30.